The Kier molecular flexibility index (Phi) is 4.60. The third-order valence-electron chi connectivity index (χ3n) is 3.71. The van der Waals surface area contributed by atoms with Crippen LogP contribution < -0.4 is 0 Å². The first-order valence-corrected chi connectivity index (χ1v) is 7.57. The normalized spacial score (nSPS) is 19.7. The molecule has 1 aromatic heterocycles. The molecule has 0 unspecified atom stereocenters. The Morgan fingerprint density at radius 3 is 2.71 bits per heavy atom. The maximum absolute atomic E-state index is 10.6. The molecule has 0 aromatic carbocycles. The maximum Gasteiger partial charge on any atom is 0.0774 e. The van der Waals surface area contributed by atoms with Gasteiger partial charge in [-0.25, -0.2) is 0 Å². The summed E-state index contributed by atoms with van der Waals surface area (Å²) in [5.74, 6) is 0. The van der Waals surface area contributed by atoms with Gasteiger partial charge in [-0.3, -0.25) is 4.90 Å². The Hall–Kier alpha value is -0.380. The lowest BCUT2D eigenvalue weighted by molar-refractivity contribution is -0.0268. The van der Waals surface area contributed by atoms with Crippen molar-refractivity contribution in [2.45, 2.75) is 51.2 Å². The second-order valence-electron chi connectivity index (χ2n) is 5.17. The topological polar surface area (TPSA) is 23.5 Å². The predicted octanol–water partition coefficient (Wildman–Crippen LogP) is 3.27. The van der Waals surface area contributed by atoms with Crippen molar-refractivity contribution >= 4 is 11.3 Å². The molecule has 1 aliphatic rings. The number of nitrogens with zero attached hydrogens (tertiary/aromatic N) is 1. The second-order valence-corrected chi connectivity index (χ2v) is 6.20. The minimum Gasteiger partial charge on any atom is -0.389 e. The van der Waals surface area contributed by atoms with Crippen LogP contribution in [0.25, 0.3) is 0 Å². The van der Waals surface area contributed by atoms with Crippen LogP contribution in [0.3, 0.4) is 0 Å². The van der Waals surface area contributed by atoms with Gasteiger partial charge >= 0.3 is 0 Å². The fourth-order valence-corrected chi connectivity index (χ4v) is 3.43. The van der Waals surface area contributed by atoms with E-state index in [1.54, 1.807) is 11.3 Å². The van der Waals surface area contributed by atoms with Crippen LogP contribution in [0.2, 0.25) is 0 Å². The monoisotopic (exact) mass is 253 g/mol. The molecule has 1 heterocycles. The number of hydrogen-bond acceptors (Lipinski definition) is 3. The van der Waals surface area contributed by atoms with Crippen LogP contribution in [0.1, 0.15) is 43.9 Å². The summed E-state index contributed by atoms with van der Waals surface area (Å²) in [6, 6.07) is 4.28. The summed E-state index contributed by atoms with van der Waals surface area (Å²) in [4.78, 5) is 3.77. The molecule has 1 N–H and O–H groups in total. The average molecular weight is 253 g/mol. The Morgan fingerprint density at radius 1 is 1.35 bits per heavy atom. The van der Waals surface area contributed by atoms with E-state index in [1.807, 2.05) is 0 Å². The van der Waals surface area contributed by atoms with Gasteiger partial charge in [0.05, 0.1) is 5.60 Å². The number of hydrogen-bond donors (Lipinski definition) is 1. The summed E-state index contributed by atoms with van der Waals surface area (Å²) < 4.78 is 0. The van der Waals surface area contributed by atoms with Crippen molar-refractivity contribution in [3.8, 4) is 0 Å². The lowest BCUT2D eigenvalue weighted by Crippen LogP contribution is -2.44. The number of thiophene rings is 1. The predicted molar refractivity (Wildman–Crippen MR) is 73.3 cm³/mol. The van der Waals surface area contributed by atoms with Crippen LogP contribution >= 0.6 is 11.3 Å². The molecule has 1 aromatic rings. The molecule has 1 aliphatic carbocycles. The molecule has 1 fully saturated rings. The molecular formula is C14H23NOS. The van der Waals surface area contributed by atoms with Gasteiger partial charge in [-0.2, -0.15) is 0 Å². The van der Waals surface area contributed by atoms with Gasteiger partial charge in [-0.15, -0.1) is 11.3 Å². The highest BCUT2D eigenvalue weighted by Gasteiger charge is 2.30. The zero-order chi connectivity index (χ0) is 12.1. The van der Waals surface area contributed by atoms with E-state index in [9.17, 15) is 5.11 Å². The second kappa shape index (κ2) is 5.98. The fourth-order valence-electron chi connectivity index (χ4n) is 2.69. The highest BCUT2D eigenvalue weighted by molar-refractivity contribution is 7.09. The lowest BCUT2D eigenvalue weighted by Gasteiger charge is -2.36. The van der Waals surface area contributed by atoms with Crippen LogP contribution in [0, 0.1) is 0 Å². The highest BCUT2D eigenvalue weighted by atomic mass is 32.1. The molecular weight excluding hydrogens is 230 g/mol. The van der Waals surface area contributed by atoms with Crippen molar-refractivity contribution in [1.82, 2.24) is 4.90 Å². The zero-order valence-electron chi connectivity index (χ0n) is 10.7. The first-order valence-electron chi connectivity index (χ1n) is 6.69. The molecule has 0 amide bonds. The molecule has 0 aliphatic heterocycles. The third kappa shape index (κ3) is 3.80. The Balaban J connectivity index is 1.90. The summed E-state index contributed by atoms with van der Waals surface area (Å²) in [7, 11) is 0. The van der Waals surface area contributed by atoms with Crippen LogP contribution in [0.15, 0.2) is 17.5 Å². The molecule has 0 radical (unpaired) electrons. The average Bonchev–Trinajstić information content (AvgIpc) is 2.81. The fraction of sp³-hybridized carbons (Fsp3) is 0.714. The van der Waals surface area contributed by atoms with Crippen LogP contribution in [-0.4, -0.2) is 28.7 Å². The zero-order valence-corrected chi connectivity index (χ0v) is 11.5. The van der Waals surface area contributed by atoms with E-state index in [0.717, 1.165) is 32.5 Å². The van der Waals surface area contributed by atoms with Crippen LogP contribution in [-0.2, 0) is 6.54 Å². The van der Waals surface area contributed by atoms with E-state index in [4.69, 9.17) is 0 Å². The smallest absolute Gasteiger partial charge is 0.0774 e. The molecule has 17 heavy (non-hydrogen) atoms. The minimum absolute atomic E-state index is 0.425. The number of likely N-dealkylation sites (N-methyl/N-ethyl adjacent to an activating group) is 1. The summed E-state index contributed by atoms with van der Waals surface area (Å²) in [6.07, 6.45) is 5.63. The third-order valence-corrected chi connectivity index (χ3v) is 4.57. The van der Waals surface area contributed by atoms with Gasteiger partial charge in [-0.1, -0.05) is 32.3 Å². The summed E-state index contributed by atoms with van der Waals surface area (Å²) in [6.45, 7) is 5.01. The molecule has 0 saturated heterocycles. The van der Waals surface area contributed by atoms with E-state index >= 15 is 0 Å². The van der Waals surface area contributed by atoms with Gasteiger partial charge < -0.3 is 5.11 Å². The molecule has 2 nitrogen and oxygen atoms in total. The van der Waals surface area contributed by atoms with Gasteiger partial charge in [0.25, 0.3) is 0 Å². The van der Waals surface area contributed by atoms with Crippen molar-refractivity contribution < 1.29 is 5.11 Å². The van der Waals surface area contributed by atoms with E-state index in [0.29, 0.717) is 0 Å². The SMILES string of the molecule is CCN(Cc1cccs1)CC1(O)CCCCC1. The van der Waals surface area contributed by atoms with Gasteiger partial charge in [-0.05, 0) is 30.8 Å². The van der Waals surface area contributed by atoms with Gasteiger partial charge in [0.2, 0.25) is 0 Å². The summed E-state index contributed by atoms with van der Waals surface area (Å²) >= 11 is 1.80. The van der Waals surface area contributed by atoms with Crippen molar-refractivity contribution in [2.24, 2.45) is 0 Å². The van der Waals surface area contributed by atoms with Crippen LogP contribution in [0.4, 0.5) is 0 Å². The van der Waals surface area contributed by atoms with Crippen molar-refractivity contribution in [3.63, 3.8) is 0 Å². The largest absolute Gasteiger partial charge is 0.389 e. The molecule has 0 bridgehead atoms. The Labute approximate surface area is 108 Å². The van der Waals surface area contributed by atoms with Gasteiger partial charge in [0.1, 0.15) is 0 Å². The Morgan fingerprint density at radius 2 is 2.12 bits per heavy atom. The molecule has 96 valence electrons. The lowest BCUT2D eigenvalue weighted by atomic mass is 9.84. The minimum atomic E-state index is -0.425. The molecule has 1 saturated carbocycles. The van der Waals surface area contributed by atoms with E-state index in [1.165, 1.54) is 24.1 Å². The highest BCUT2D eigenvalue weighted by Crippen LogP contribution is 2.29. The molecule has 0 spiro atoms. The van der Waals surface area contributed by atoms with Crippen LogP contribution in [0.5, 0.6) is 0 Å². The molecule has 2 rings (SSSR count). The quantitative estimate of drug-likeness (QED) is 0.870. The van der Waals surface area contributed by atoms with E-state index in [2.05, 4.69) is 29.3 Å². The summed E-state index contributed by atoms with van der Waals surface area (Å²) in [5.41, 5.74) is -0.425. The first kappa shape index (κ1) is 13.1. The Bertz CT molecular complexity index is 317. The standard InChI is InChI=1S/C14H23NOS/c1-2-15(11-13-7-6-10-17-13)12-14(16)8-4-3-5-9-14/h6-7,10,16H,2-5,8-9,11-12H2,1H3. The van der Waals surface area contributed by atoms with E-state index < -0.39 is 5.60 Å². The van der Waals surface area contributed by atoms with Crippen molar-refractivity contribution in [1.29, 1.82) is 0 Å². The summed E-state index contributed by atoms with van der Waals surface area (Å²) in [5, 5.41) is 12.7. The van der Waals surface area contributed by atoms with Gasteiger partial charge in [0.15, 0.2) is 0 Å². The van der Waals surface area contributed by atoms with E-state index in [-0.39, 0.29) is 0 Å². The number of aliphatic hydroxyl groups is 1. The molecule has 3 heteroatoms. The van der Waals surface area contributed by atoms with Crippen molar-refractivity contribution in [2.75, 3.05) is 13.1 Å². The first-order chi connectivity index (χ1) is 8.22. The van der Waals surface area contributed by atoms with Gasteiger partial charge in [0, 0.05) is 18.0 Å². The van der Waals surface area contributed by atoms with Crippen molar-refractivity contribution in [3.05, 3.63) is 22.4 Å². The molecule has 0 atom stereocenters. The number of rotatable bonds is 5. The maximum atomic E-state index is 10.6.